The molecule has 3 aromatic carbocycles. The van der Waals surface area contributed by atoms with E-state index in [1.54, 1.807) is 31.4 Å². The van der Waals surface area contributed by atoms with Crippen molar-refractivity contribution in [1.29, 1.82) is 0 Å². The van der Waals surface area contributed by atoms with Crippen molar-refractivity contribution in [2.45, 2.75) is 17.8 Å². The Morgan fingerprint density at radius 2 is 1.75 bits per heavy atom. The first-order chi connectivity index (χ1) is 15.4. The minimum Gasteiger partial charge on any atom is -0.496 e. The van der Waals surface area contributed by atoms with Crippen molar-refractivity contribution in [3.8, 4) is 5.75 Å². The van der Waals surface area contributed by atoms with Crippen LogP contribution in [0.5, 0.6) is 5.75 Å². The van der Waals surface area contributed by atoms with Crippen LogP contribution in [-0.4, -0.2) is 18.8 Å². The molecule has 0 saturated heterocycles. The van der Waals surface area contributed by atoms with Crippen LogP contribution in [0.2, 0.25) is 10.0 Å². The number of carbonyl (C=O) groups excluding carboxylic acids is 2. The summed E-state index contributed by atoms with van der Waals surface area (Å²) in [6, 6.07) is 20.1. The Morgan fingerprint density at radius 1 is 0.969 bits per heavy atom. The number of nitrogens with one attached hydrogen (secondary N) is 1. The van der Waals surface area contributed by atoms with Crippen molar-refractivity contribution < 1.29 is 14.3 Å². The highest BCUT2D eigenvalue weighted by Crippen LogP contribution is 2.54. The molecule has 0 radical (unpaired) electrons. The van der Waals surface area contributed by atoms with Crippen LogP contribution in [-0.2, 0) is 15.0 Å². The van der Waals surface area contributed by atoms with E-state index in [1.165, 1.54) is 0 Å². The first-order valence-corrected chi connectivity index (χ1v) is 11.0. The smallest absolute Gasteiger partial charge is 0.239 e. The monoisotopic (exact) mass is 463 g/mol. The summed E-state index contributed by atoms with van der Waals surface area (Å²) in [5.74, 6) is -0.0901. The molecule has 5 rings (SSSR count). The number of para-hydroxylation sites is 1. The SMILES string of the molecule is COc1ccccc1C1=C[C@]2(C(=O)Nc3cc(Cl)ccc32)[C@@H](c2cccc(Cl)c2)CC1=O. The van der Waals surface area contributed by atoms with E-state index in [9.17, 15) is 9.59 Å². The van der Waals surface area contributed by atoms with Crippen molar-refractivity contribution in [2.24, 2.45) is 0 Å². The van der Waals surface area contributed by atoms with Gasteiger partial charge in [-0.15, -0.1) is 0 Å². The Hall–Kier alpha value is -3.08. The summed E-state index contributed by atoms with van der Waals surface area (Å²) in [4.78, 5) is 27.1. The number of hydrogen-bond acceptors (Lipinski definition) is 3. The van der Waals surface area contributed by atoms with Crippen LogP contribution in [0.4, 0.5) is 5.69 Å². The van der Waals surface area contributed by atoms with Gasteiger partial charge in [0.2, 0.25) is 5.91 Å². The van der Waals surface area contributed by atoms with E-state index in [-0.39, 0.29) is 18.1 Å². The molecule has 32 heavy (non-hydrogen) atoms. The van der Waals surface area contributed by atoms with Gasteiger partial charge in [-0.3, -0.25) is 9.59 Å². The average molecular weight is 464 g/mol. The van der Waals surface area contributed by atoms with E-state index < -0.39 is 11.3 Å². The highest BCUT2D eigenvalue weighted by molar-refractivity contribution is 6.31. The average Bonchev–Trinajstić information content (AvgIpc) is 3.05. The van der Waals surface area contributed by atoms with Gasteiger partial charge in [-0.05, 0) is 41.5 Å². The third kappa shape index (κ3) is 3.14. The highest BCUT2D eigenvalue weighted by Gasteiger charge is 2.54. The van der Waals surface area contributed by atoms with Gasteiger partial charge in [-0.2, -0.15) is 0 Å². The number of hydrogen-bond donors (Lipinski definition) is 1. The lowest BCUT2D eigenvalue weighted by atomic mass is 9.61. The van der Waals surface area contributed by atoms with Crippen LogP contribution in [0.1, 0.15) is 29.0 Å². The number of halogens is 2. The number of Topliss-reactive ketones (excluding diaryl/α,β-unsaturated/α-hetero) is 1. The molecule has 160 valence electrons. The molecule has 1 aliphatic carbocycles. The molecular formula is C26H19Cl2NO3. The number of carbonyl (C=O) groups is 2. The summed E-state index contributed by atoms with van der Waals surface area (Å²) in [6.07, 6.45) is 1.96. The molecule has 2 atom stereocenters. The number of benzene rings is 3. The fourth-order valence-electron chi connectivity index (χ4n) is 4.88. The number of rotatable bonds is 3. The summed E-state index contributed by atoms with van der Waals surface area (Å²) >= 11 is 12.5. The molecule has 1 heterocycles. The van der Waals surface area contributed by atoms with Gasteiger partial charge >= 0.3 is 0 Å². The quantitative estimate of drug-likeness (QED) is 0.515. The number of methoxy groups -OCH3 is 1. The van der Waals surface area contributed by atoms with E-state index in [0.29, 0.717) is 32.6 Å². The van der Waals surface area contributed by atoms with E-state index in [0.717, 1.165) is 11.1 Å². The second-order valence-electron chi connectivity index (χ2n) is 8.01. The molecule has 2 aliphatic rings. The Labute approximate surface area is 195 Å². The maximum atomic E-state index is 13.7. The van der Waals surface area contributed by atoms with Gasteiger partial charge in [0.1, 0.15) is 11.2 Å². The fourth-order valence-corrected chi connectivity index (χ4v) is 5.25. The van der Waals surface area contributed by atoms with Crippen LogP contribution < -0.4 is 10.1 Å². The Bertz CT molecular complexity index is 1300. The van der Waals surface area contributed by atoms with E-state index >= 15 is 0 Å². The van der Waals surface area contributed by atoms with Gasteiger partial charge in [0.15, 0.2) is 5.78 Å². The third-order valence-corrected chi connectivity index (χ3v) is 6.78. The predicted octanol–water partition coefficient (Wildman–Crippen LogP) is 6.03. The molecule has 0 aromatic heterocycles. The van der Waals surface area contributed by atoms with Gasteiger partial charge in [0.05, 0.1) is 7.11 Å². The van der Waals surface area contributed by atoms with Gasteiger partial charge in [-0.1, -0.05) is 65.7 Å². The molecule has 1 N–H and O–H groups in total. The molecule has 1 aliphatic heterocycles. The standard InChI is InChI=1S/C26H19Cl2NO3/c1-32-24-8-3-2-7-18(24)19-14-26(20-10-9-17(28)12-22(20)29-25(26)31)21(13-23(19)30)15-5-4-6-16(27)11-15/h2-12,14,21H,13H2,1H3,(H,29,31)/t21-,26-/m1/s1. The predicted molar refractivity (Wildman–Crippen MR) is 127 cm³/mol. The first kappa shape index (κ1) is 20.8. The summed E-state index contributed by atoms with van der Waals surface area (Å²) in [5, 5.41) is 4.07. The largest absolute Gasteiger partial charge is 0.496 e. The molecule has 0 saturated carbocycles. The summed E-state index contributed by atoms with van der Waals surface area (Å²) in [7, 11) is 1.57. The number of amides is 1. The number of allylic oxidation sites excluding steroid dienone is 1. The van der Waals surface area contributed by atoms with Crippen molar-refractivity contribution >= 4 is 46.2 Å². The molecule has 4 nitrogen and oxygen atoms in total. The van der Waals surface area contributed by atoms with Gasteiger partial charge in [-0.25, -0.2) is 0 Å². The van der Waals surface area contributed by atoms with Crippen LogP contribution in [0.15, 0.2) is 72.8 Å². The first-order valence-electron chi connectivity index (χ1n) is 10.2. The maximum absolute atomic E-state index is 13.7. The second kappa shape index (κ2) is 7.80. The minimum absolute atomic E-state index is 0.0553. The maximum Gasteiger partial charge on any atom is 0.239 e. The molecule has 1 spiro atoms. The molecule has 0 fully saturated rings. The zero-order valence-electron chi connectivity index (χ0n) is 17.2. The van der Waals surface area contributed by atoms with Crippen molar-refractivity contribution in [3.05, 3.63) is 99.5 Å². The minimum atomic E-state index is -1.09. The Morgan fingerprint density at radius 3 is 2.53 bits per heavy atom. The van der Waals surface area contributed by atoms with E-state index in [1.807, 2.05) is 48.5 Å². The molecule has 6 heteroatoms. The second-order valence-corrected chi connectivity index (χ2v) is 8.88. The fraction of sp³-hybridized carbons (Fsp3) is 0.154. The van der Waals surface area contributed by atoms with Crippen LogP contribution in [0.3, 0.4) is 0 Å². The molecule has 3 aromatic rings. The molecule has 0 unspecified atom stereocenters. The van der Waals surface area contributed by atoms with Gasteiger partial charge < -0.3 is 10.1 Å². The highest BCUT2D eigenvalue weighted by atomic mass is 35.5. The molecular weight excluding hydrogens is 445 g/mol. The normalized spacial score (nSPS) is 21.8. The zero-order chi connectivity index (χ0) is 22.5. The number of fused-ring (bicyclic) bond motifs is 2. The van der Waals surface area contributed by atoms with Gasteiger partial charge in [0, 0.05) is 39.2 Å². The van der Waals surface area contributed by atoms with E-state index in [4.69, 9.17) is 27.9 Å². The van der Waals surface area contributed by atoms with Gasteiger partial charge in [0.25, 0.3) is 0 Å². The number of ketones is 1. The van der Waals surface area contributed by atoms with Crippen LogP contribution >= 0.6 is 23.2 Å². The van der Waals surface area contributed by atoms with Crippen LogP contribution in [0.25, 0.3) is 5.57 Å². The number of ether oxygens (including phenoxy) is 1. The third-order valence-electron chi connectivity index (χ3n) is 6.31. The Balaban J connectivity index is 1.80. The van der Waals surface area contributed by atoms with Crippen molar-refractivity contribution in [1.82, 2.24) is 0 Å². The lowest BCUT2D eigenvalue weighted by Gasteiger charge is -2.38. The van der Waals surface area contributed by atoms with Crippen molar-refractivity contribution in [3.63, 3.8) is 0 Å². The Kier molecular flexibility index (Phi) is 5.07. The van der Waals surface area contributed by atoms with Crippen LogP contribution in [0, 0.1) is 0 Å². The molecule has 0 bridgehead atoms. The zero-order valence-corrected chi connectivity index (χ0v) is 18.7. The summed E-state index contributed by atoms with van der Waals surface area (Å²) in [6.45, 7) is 0. The lowest BCUT2D eigenvalue weighted by Crippen LogP contribution is -2.43. The van der Waals surface area contributed by atoms with E-state index in [2.05, 4.69) is 5.32 Å². The molecule has 1 amide bonds. The van der Waals surface area contributed by atoms with Crippen molar-refractivity contribution in [2.75, 3.05) is 12.4 Å². The summed E-state index contributed by atoms with van der Waals surface area (Å²) in [5.41, 5.74) is 2.32. The summed E-state index contributed by atoms with van der Waals surface area (Å²) < 4.78 is 5.51. The lowest BCUT2D eigenvalue weighted by molar-refractivity contribution is -0.121. The topological polar surface area (TPSA) is 55.4 Å². The number of anilines is 1.